The molecule has 1 aromatic rings. The number of nitrogens with zero attached hydrogens (tertiary/aromatic N) is 1. The highest BCUT2D eigenvalue weighted by molar-refractivity contribution is 7.99. The largest absolute Gasteiger partial charge is 0.334 e. The predicted molar refractivity (Wildman–Crippen MR) is 85.6 cm³/mol. The van der Waals surface area contributed by atoms with Gasteiger partial charge in [0.05, 0.1) is 0 Å². The Labute approximate surface area is 129 Å². The number of hydrogen-bond acceptors (Lipinski definition) is 3. The van der Waals surface area contributed by atoms with Gasteiger partial charge in [-0.15, -0.1) is 0 Å². The van der Waals surface area contributed by atoms with Crippen LogP contribution < -0.4 is 5.32 Å². The molecule has 0 radical (unpaired) electrons. The molecule has 0 bridgehead atoms. The van der Waals surface area contributed by atoms with Gasteiger partial charge in [-0.1, -0.05) is 6.07 Å². The molecule has 1 atom stereocenters. The number of fused-ring (bicyclic) bond motifs is 1. The van der Waals surface area contributed by atoms with Crippen molar-refractivity contribution in [2.45, 2.75) is 31.7 Å². The van der Waals surface area contributed by atoms with E-state index >= 15 is 0 Å². The van der Waals surface area contributed by atoms with Crippen LogP contribution in [0.5, 0.6) is 0 Å². The fourth-order valence-electron chi connectivity index (χ4n) is 2.99. The summed E-state index contributed by atoms with van der Waals surface area (Å²) >= 11 is 1.83. The Morgan fingerprint density at radius 1 is 1.29 bits per heavy atom. The summed E-state index contributed by atoms with van der Waals surface area (Å²) in [5, 5.41) is 2.74. The zero-order valence-electron chi connectivity index (χ0n) is 12.2. The smallest absolute Gasteiger partial charge is 0.313 e. The number of carbonyl (C=O) groups excluding carboxylic acids is 2. The van der Waals surface area contributed by atoms with Crippen LogP contribution in [0.4, 0.5) is 5.69 Å². The summed E-state index contributed by atoms with van der Waals surface area (Å²) in [6.07, 6.45) is 4.32. The summed E-state index contributed by atoms with van der Waals surface area (Å²) in [7, 11) is 1.72. The Bertz CT molecular complexity index is 567. The number of carbonyl (C=O) groups is 2. The lowest BCUT2D eigenvalue weighted by molar-refractivity contribution is -0.143. The number of nitrogens with one attached hydrogen (secondary N) is 1. The van der Waals surface area contributed by atoms with Gasteiger partial charge in [-0.2, -0.15) is 11.8 Å². The van der Waals surface area contributed by atoms with Gasteiger partial charge in [-0.3, -0.25) is 9.59 Å². The average Bonchev–Trinajstić information content (AvgIpc) is 3.16. The predicted octanol–water partition coefficient (Wildman–Crippen LogP) is 2.08. The van der Waals surface area contributed by atoms with Crippen molar-refractivity contribution in [2.75, 3.05) is 23.9 Å². The number of aryl methyl sites for hydroxylation is 2. The lowest BCUT2D eigenvalue weighted by Gasteiger charge is -2.23. The third-order valence-electron chi connectivity index (χ3n) is 4.32. The van der Waals surface area contributed by atoms with Crippen molar-refractivity contribution >= 4 is 29.3 Å². The Balaban J connectivity index is 1.64. The molecule has 0 unspecified atom stereocenters. The first-order chi connectivity index (χ1) is 10.1. The third-order valence-corrected chi connectivity index (χ3v) is 5.47. The number of hydrogen-bond donors (Lipinski definition) is 1. The van der Waals surface area contributed by atoms with E-state index < -0.39 is 11.8 Å². The van der Waals surface area contributed by atoms with Crippen molar-refractivity contribution in [1.82, 2.24) is 4.90 Å². The zero-order valence-corrected chi connectivity index (χ0v) is 13.0. The maximum absolute atomic E-state index is 12.2. The average molecular weight is 304 g/mol. The normalized spacial score (nSPS) is 20.1. The minimum atomic E-state index is -0.535. The van der Waals surface area contributed by atoms with E-state index in [2.05, 4.69) is 11.4 Å². The highest BCUT2D eigenvalue weighted by Gasteiger charge is 2.28. The number of rotatable bonds is 2. The number of benzene rings is 1. The highest BCUT2D eigenvalue weighted by Crippen LogP contribution is 2.25. The van der Waals surface area contributed by atoms with E-state index in [0.29, 0.717) is 0 Å². The standard InChI is InChI=1S/C16H20N2O2S/c1-18(14-7-8-21-10-14)16(20)15(19)17-13-6-5-11-3-2-4-12(11)9-13/h5-6,9,14H,2-4,7-8,10H2,1H3,(H,17,19)/t14-/m0/s1. The van der Waals surface area contributed by atoms with Gasteiger partial charge in [0.25, 0.3) is 0 Å². The molecule has 1 fully saturated rings. The van der Waals surface area contributed by atoms with Crippen molar-refractivity contribution in [2.24, 2.45) is 0 Å². The van der Waals surface area contributed by atoms with Gasteiger partial charge in [0.2, 0.25) is 0 Å². The molecule has 0 saturated carbocycles. The molecular weight excluding hydrogens is 284 g/mol. The number of amides is 2. The molecule has 1 aromatic carbocycles. The summed E-state index contributed by atoms with van der Waals surface area (Å²) in [6.45, 7) is 0. The number of anilines is 1. The van der Waals surface area contributed by atoms with E-state index in [0.717, 1.165) is 36.5 Å². The Kier molecular flexibility index (Phi) is 4.19. The molecule has 112 valence electrons. The maximum Gasteiger partial charge on any atom is 0.313 e. The van der Waals surface area contributed by atoms with E-state index in [4.69, 9.17) is 0 Å². The maximum atomic E-state index is 12.2. The molecule has 0 spiro atoms. The second-order valence-electron chi connectivity index (χ2n) is 5.72. The fourth-order valence-corrected chi connectivity index (χ4v) is 4.26. The molecule has 1 saturated heterocycles. The number of likely N-dealkylation sites (N-methyl/N-ethyl adjacent to an activating group) is 1. The molecule has 3 rings (SSSR count). The van der Waals surface area contributed by atoms with Crippen LogP contribution in [0.25, 0.3) is 0 Å². The van der Waals surface area contributed by atoms with Crippen LogP contribution in [-0.4, -0.2) is 41.3 Å². The first-order valence-corrected chi connectivity index (χ1v) is 8.58. The van der Waals surface area contributed by atoms with Crippen LogP contribution in [-0.2, 0) is 22.4 Å². The molecule has 0 aromatic heterocycles. The first kappa shape index (κ1) is 14.4. The van der Waals surface area contributed by atoms with Gasteiger partial charge in [0.15, 0.2) is 0 Å². The summed E-state index contributed by atoms with van der Waals surface area (Å²) in [4.78, 5) is 25.9. The molecule has 5 heteroatoms. The van der Waals surface area contributed by atoms with Crippen LogP contribution in [0.1, 0.15) is 24.0 Å². The van der Waals surface area contributed by atoms with Gasteiger partial charge in [0.1, 0.15) is 0 Å². The number of thioether (sulfide) groups is 1. The molecule has 1 heterocycles. The summed E-state index contributed by atoms with van der Waals surface area (Å²) in [6, 6.07) is 6.13. The van der Waals surface area contributed by atoms with Crippen molar-refractivity contribution in [1.29, 1.82) is 0 Å². The van der Waals surface area contributed by atoms with Gasteiger partial charge in [0, 0.05) is 24.5 Å². The molecule has 2 aliphatic rings. The Morgan fingerprint density at radius 2 is 2.10 bits per heavy atom. The van der Waals surface area contributed by atoms with Gasteiger partial charge in [-0.05, 0) is 54.7 Å². The lowest BCUT2D eigenvalue weighted by atomic mass is 10.1. The Hall–Kier alpha value is -1.49. The molecular formula is C16H20N2O2S. The molecule has 1 aliphatic carbocycles. The Morgan fingerprint density at radius 3 is 2.86 bits per heavy atom. The van der Waals surface area contributed by atoms with Crippen molar-refractivity contribution in [3.8, 4) is 0 Å². The van der Waals surface area contributed by atoms with E-state index in [1.165, 1.54) is 17.5 Å². The van der Waals surface area contributed by atoms with E-state index in [9.17, 15) is 9.59 Å². The summed E-state index contributed by atoms with van der Waals surface area (Å²) in [5.74, 6) is 1.01. The molecule has 1 N–H and O–H groups in total. The van der Waals surface area contributed by atoms with E-state index in [1.807, 2.05) is 23.9 Å². The summed E-state index contributed by atoms with van der Waals surface area (Å²) in [5.41, 5.74) is 3.38. The third kappa shape index (κ3) is 3.07. The van der Waals surface area contributed by atoms with Gasteiger partial charge < -0.3 is 10.2 Å². The minimum absolute atomic E-state index is 0.188. The van der Waals surface area contributed by atoms with Crippen molar-refractivity contribution in [3.05, 3.63) is 29.3 Å². The second-order valence-corrected chi connectivity index (χ2v) is 6.87. The monoisotopic (exact) mass is 304 g/mol. The molecule has 2 amide bonds. The van der Waals surface area contributed by atoms with Gasteiger partial charge in [-0.25, -0.2) is 0 Å². The second kappa shape index (κ2) is 6.10. The minimum Gasteiger partial charge on any atom is -0.334 e. The van der Waals surface area contributed by atoms with Crippen molar-refractivity contribution in [3.63, 3.8) is 0 Å². The summed E-state index contributed by atoms with van der Waals surface area (Å²) < 4.78 is 0. The molecule has 1 aliphatic heterocycles. The first-order valence-electron chi connectivity index (χ1n) is 7.43. The van der Waals surface area contributed by atoms with E-state index in [-0.39, 0.29) is 6.04 Å². The van der Waals surface area contributed by atoms with E-state index in [1.54, 1.807) is 11.9 Å². The lowest BCUT2D eigenvalue weighted by Crippen LogP contribution is -2.43. The quantitative estimate of drug-likeness (QED) is 0.851. The van der Waals surface area contributed by atoms with Crippen LogP contribution >= 0.6 is 11.8 Å². The zero-order chi connectivity index (χ0) is 14.8. The van der Waals surface area contributed by atoms with Crippen LogP contribution in [0.3, 0.4) is 0 Å². The van der Waals surface area contributed by atoms with Crippen LogP contribution in [0.15, 0.2) is 18.2 Å². The fraction of sp³-hybridized carbons (Fsp3) is 0.500. The SMILES string of the molecule is CN(C(=O)C(=O)Nc1ccc2c(c1)CCC2)[C@H]1CCSC1. The molecule has 4 nitrogen and oxygen atoms in total. The van der Waals surface area contributed by atoms with Crippen LogP contribution in [0, 0.1) is 0 Å². The highest BCUT2D eigenvalue weighted by atomic mass is 32.2. The molecule has 21 heavy (non-hydrogen) atoms. The topological polar surface area (TPSA) is 49.4 Å². The van der Waals surface area contributed by atoms with Crippen molar-refractivity contribution < 1.29 is 9.59 Å². The van der Waals surface area contributed by atoms with Crippen LogP contribution in [0.2, 0.25) is 0 Å². The van der Waals surface area contributed by atoms with Gasteiger partial charge >= 0.3 is 11.8 Å².